The number of hydrogen-bond donors (Lipinski definition) is 1. The number of ether oxygens (including phenoxy) is 1. The molecule has 1 saturated carbocycles. The SMILES string of the molecule is CCOC(=O)C(N)C(=O)N(C)CC1CCC1. The van der Waals surface area contributed by atoms with Gasteiger partial charge in [-0.05, 0) is 25.7 Å². The zero-order chi connectivity index (χ0) is 12.1. The van der Waals surface area contributed by atoms with E-state index in [0.29, 0.717) is 12.5 Å². The summed E-state index contributed by atoms with van der Waals surface area (Å²) in [5.41, 5.74) is 5.52. The number of hydrogen-bond acceptors (Lipinski definition) is 4. The first kappa shape index (κ1) is 13.0. The van der Waals surface area contributed by atoms with Crippen LogP contribution in [-0.4, -0.2) is 43.0 Å². The molecular formula is C11H20N2O3. The summed E-state index contributed by atoms with van der Waals surface area (Å²) in [6, 6.07) is -1.18. The van der Waals surface area contributed by atoms with Gasteiger partial charge < -0.3 is 15.4 Å². The van der Waals surface area contributed by atoms with E-state index < -0.39 is 12.0 Å². The van der Waals surface area contributed by atoms with Gasteiger partial charge in [0.05, 0.1) is 6.61 Å². The molecule has 16 heavy (non-hydrogen) atoms. The van der Waals surface area contributed by atoms with E-state index in [9.17, 15) is 9.59 Å². The molecule has 0 aromatic rings. The Morgan fingerprint density at radius 2 is 2.12 bits per heavy atom. The van der Waals surface area contributed by atoms with Crippen molar-refractivity contribution in [2.75, 3.05) is 20.2 Å². The third-order valence-corrected chi connectivity index (χ3v) is 2.94. The van der Waals surface area contributed by atoms with Gasteiger partial charge in [0.25, 0.3) is 5.91 Å². The lowest BCUT2D eigenvalue weighted by Gasteiger charge is -2.30. The smallest absolute Gasteiger partial charge is 0.332 e. The van der Waals surface area contributed by atoms with Crippen LogP contribution in [0.15, 0.2) is 0 Å². The zero-order valence-electron chi connectivity index (χ0n) is 9.94. The normalized spacial score (nSPS) is 17.4. The Kier molecular flexibility index (Phi) is 4.73. The molecule has 0 aromatic heterocycles. The lowest BCUT2D eigenvalue weighted by atomic mass is 9.85. The van der Waals surface area contributed by atoms with E-state index >= 15 is 0 Å². The van der Waals surface area contributed by atoms with Crippen LogP contribution >= 0.6 is 0 Å². The Morgan fingerprint density at radius 3 is 2.56 bits per heavy atom. The second-order valence-corrected chi connectivity index (χ2v) is 4.25. The highest BCUT2D eigenvalue weighted by Gasteiger charge is 2.28. The van der Waals surface area contributed by atoms with Gasteiger partial charge in [0.1, 0.15) is 0 Å². The van der Waals surface area contributed by atoms with Crippen LogP contribution in [0.1, 0.15) is 26.2 Å². The fourth-order valence-corrected chi connectivity index (χ4v) is 1.72. The van der Waals surface area contributed by atoms with E-state index in [0.717, 1.165) is 12.8 Å². The van der Waals surface area contributed by atoms with Crippen LogP contribution in [0.25, 0.3) is 0 Å². The van der Waals surface area contributed by atoms with Crippen molar-refractivity contribution in [1.82, 2.24) is 4.90 Å². The van der Waals surface area contributed by atoms with Crippen molar-refractivity contribution < 1.29 is 14.3 Å². The van der Waals surface area contributed by atoms with Crippen molar-refractivity contribution in [3.63, 3.8) is 0 Å². The van der Waals surface area contributed by atoms with Crippen molar-refractivity contribution in [2.45, 2.75) is 32.2 Å². The predicted molar refractivity (Wildman–Crippen MR) is 59.6 cm³/mol. The van der Waals surface area contributed by atoms with Gasteiger partial charge in [-0.3, -0.25) is 4.79 Å². The first-order valence-electron chi connectivity index (χ1n) is 5.73. The quantitative estimate of drug-likeness (QED) is 0.536. The standard InChI is InChI=1S/C11H20N2O3/c1-3-16-11(15)9(12)10(14)13(2)7-8-5-4-6-8/h8-9H,3-7,12H2,1-2H3. The lowest BCUT2D eigenvalue weighted by molar-refractivity contribution is -0.150. The average Bonchev–Trinajstić information content (AvgIpc) is 2.21. The summed E-state index contributed by atoms with van der Waals surface area (Å²) in [7, 11) is 1.68. The predicted octanol–water partition coefficient (Wildman–Crippen LogP) is 0.135. The van der Waals surface area contributed by atoms with Crippen molar-refractivity contribution in [3.8, 4) is 0 Å². The molecule has 1 aliphatic rings. The summed E-state index contributed by atoms with van der Waals surface area (Å²) >= 11 is 0. The van der Waals surface area contributed by atoms with Crippen LogP contribution in [0.3, 0.4) is 0 Å². The Balaban J connectivity index is 2.38. The summed E-state index contributed by atoms with van der Waals surface area (Å²) in [5, 5.41) is 0. The summed E-state index contributed by atoms with van der Waals surface area (Å²) in [5.74, 6) is -0.429. The van der Waals surface area contributed by atoms with Crippen LogP contribution < -0.4 is 5.73 Å². The Bertz CT molecular complexity index is 264. The minimum Gasteiger partial charge on any atom is -0.464 e. The minimum absolute atomic E-state index is 0.242. The number of esters is 1. The average molecular weight is 228 g/mol. The van der Waals surface area contributed by atoms with Crippen LogP contribution in [-0.2, 0) is 14.3 Å². The van der Waals surface area contributed by atoms with Crippen LogP contribution in [0.2, 0.25) is 0 Å². The maximum atomic E-state index is 11.7. The van der Waals surface area contributed by atoms with E-state index in [1.54, 1.807) is 14.0 Å². The molecular weight excluding hydrogens is 208 g/mol. The van der Waals surface area contributed by atoms with Crippen LogP contribution in [0, 0.1) is 5.92 Å². The Hall–Kier alpha value is -1.10. The number of nitrogens with two attached hydrogens (primary N) is 1. The first-order valence-corrected chi connectivity index (χ1v) is 5.73. The molecule has 0 radical (unpaired) electrons. The van der Waals surface area contributed by atoms with Gasteiger partial charge in [-0.2, -0.15) is 0 Å². The molecule has 1 fully saturated rings. The van der Waals surface area contributed by atoms with Gasteiger partial charge in [0.15, 0.2) is 6.04 Å². The number of carbonyl (C=O) groups is 2. The number of nitrogens with zero attached hydrogens (tertiary/aromatic N) is 1. The lowest BCUT2D eigenvalue weighted by Crippen LogP contribution is -2.49. The number of amides is 1. The highest BCUT2D eigenvalue weighted by molar-refractivity contribution is 6.01. The number of rotatable bonds is 5. The van der Waals surface area contributed by atoms with Crippen molar-refractivity contribution >= 4 is 11.9 Å². The first-order chi connectivity index (χ1) is 7.56. The minimum atomic E-state index is -1.18. The fraction of sp³-hybridized carbons (Fsp3) is 0.818. The van der Waals surface area contributed by atoms with E-state index in [4.69, 9.17) is 10.5 Å². The van der Waals surface area contributed by atoms with Crippen LogP contribution in [0.5, 0.6) is 0 Å². The molecule has 0 bridgehead atoms. The van der Waals surface area contributed by atoms with E-state index in [1.807, 2.05) is 0 Å². The zero-order valence-corrected chi connectivity index (χ0v) is 9.94. The van der Waals surface area contributed by atoms with Gasteiger partial charge in [-0.15, -0.1) is 0 Å². The van der Waals surface area contributed by atoms with Crippen molar-refractivity contribution in [3.05, 3.63) is 0 Å². The van der Waals surface area contributed by atoms with E-state index in [-0.39, 0.29) is 12.5 Å². The highest BCUT2D eigenvalue weighted by Crippen LogP contribution is 2.26. The summed E-state index contributed by atoms with van der Waals surface area (Å²) in [6.45, 7) is 2.62. The molecule has 0 saturated heterocycles. The van der Waals surface area contributed by atoms with Gasteiger partial charge >= 0.3 is 5.97 Å². The van der Waals surface area contributed by atoms with Gasteiger partial charge in [-0.1, -0.05) is 6.42 Å². The molecule has 1 rings (SSSR count). The maximum Gasteiger partial charge on any atom is 0.332 e. The molecule has 0 aliphatic heterocycles. The summed E-state index contributed by atoms with van der Waals surface area (Å²) in [6.07, 6.45) is 3.55. The molecule has 5 heteroatoms. The summed E-state index contributed by atoms with van der Waals surface area (Å²) in [4.78, 5) is 24.5. The molecule has 5 nitrogen and oxygen atoms in total. The topological polar surface area (TPSA) is 72.6 Å². The third kappa shape index (κ3) is 3.20. The molecule has 1 atom stereocenters. The summed E-state index contributed by atoms with van der Waals surface area (Å²) < 4.78 is 4.71. The molecule has 1 amide bonds. The van der Waals surface area contributed by atoms with E-state index in [1.165, 1.54) is 11.3 Å². The Labute approximate surface area is 95.9 Å². The van der Waals surface area contributed by atoms with E-state index in [2.05, 4.69) is 0 Å². The van der Waals surface area contributed by atoms with Crippen molar-refractivity contribution in [1.29, 1.82) is 0 Å². The van der Waals surface area contributed by atoms with Crippen molar-refractivity contribution in [2.24, 2.45) is 11.7 Å². The second-order valence-electron chi connectivity index (χ2n) is 4.25. The molecule has 1 aliphatic carbocycles. The molecule has 92 valence electrons. The number of carbonyl (C=O) groups excluding carboxylic acids is 2. The largest absolute Gasteiger partial charge is 0.464 e. The second kappa shape index (κ2) is 5.84. The van der Waals surface area contributed by atoms with Crippen LogP contribution in [0.4, 0.5) is 0 Å². The number of likely N-dealkylation sites (N-methyl/N-ethyl adjacent to an activating group) is 1. The maximum absolute atomic E-state index is 11.7. The molecule has 2 N–H and O–H groups in total. The van der Waals surface area contributed by atoms with Gasteiger partial charge in [0.2, 0.25) is 0 Å². The van der Waals surface area contributed by atoms with Gasteiger partial charge in [-0.25, -0.2) is 4.79 Å². The molecule has 1 unspecified atom stereocenters. The molecule has 0 heterocycles. The molecule has 0 aromatic carbocycles. The highest BCUT2D eigenvalue weighted by atomic mass is 16.5. The Morgan fingerprint density at radius 1 is 1.50 bits per heavy atom. The molecule has 0 spiro atoms. The monoisotopic (exact) mass is 228 g/mol. The fourth-order valence-electron chi connectivity index (χ4n) is 1.72. The van der Waals surface area contributed by atoms with Gasteiger partial charge in [0, 0.05) is 13.6 Å². The third-order valence-electron chi connectivity index (χ3n) is 2.94.